The highest BCUT2D eigenvalue weighted by atomic mass is 16.5. The lowest BCUT2D eigenvalue weighted by molar-refractivity contribution is 0.0951. The number of nitrogens with one attached hydrogen (secondary N) is 1. The van der Waals surface area contributed by atoms with Gasteiger partial charge in [0, 0.05) is 29.9 Å². The number of rotatable bonds is 6. The van der Waals surface area contributed by atoms with Crippen LogP contribution in [0.3, 0.4) is 0 Å². The first-order valence-corrected chi connectivity index (χ1v) is 11.6. The smallest absolute Gasteiger partial charge is 0.251 e. The molecule has 0 saturated heterocycles. The number of nitrogens with zero attached hydrogens (tertiary/aromatic N) is 3. The number of carbonyl (C=O) groups is 1. The van der Waals surface area contributed by atoms with E-state index in [1.165, 1.54) is 19.3 Å². The number of imidazole rings is 1. The number of aromatic nitrogens is 3. The van der Waals surface area contributed by atoms with E-state index in [1.54, 1.807) is 7.11 Å². The van der Waals surface area contributed by atoms with E-state index in [0.717, 1.165) is 46.7 Å². The van der Waals surface area contributed by atoms with Crippen molar-refractivity contribution in [1.29, 1.82) is 0 Å². The monoisotopic (exact) mass is 440 g/mol. The molecule has 0 atom stereocenters. The fourth-order valence-electron chi connectivity index (χ4n) is 4.66. The summed E-state index contributed by atoms with van der Waals surface area (Å²) in [5, 5.41) is 2.99. The molecule has 1 amide bonds. The fourth-order valence-corrected chi connectivity index (χ4v) is 4.66. The molecule has 5 rings (SSSR count). The molecule has 33 heavy (non-hydrogen) atoms. The van der Waals surface area contributed by atoms with Gasteiger partial charge < -0.3 is 14.6 Å². The first kappa shape index (κ1) is 21.2. The SMILES string of the molecule is COc1cccc(CNC(=O)c2ccc(-c3nc4cccnc4n3C3CCCCC3)cc2)c1. The molecule has 0 unspecified atom stereocenters. The molecule has 0 radical (unpaired) electrons. The van der Waals surface area contributed by atoms with Crippen LogP contribution in [0.2, 0.25) is 0 Å². The third-order valence-electron chi connectivity index (χ3n) is 6.38. The van der Waals surface area contributed by atoms with E-state index in [1.807, 2.05) is 66.9 Å². The van der Waals surface area contributed by atoms with Crippen LogP contribution in [-0.4, -0.2) is 27.6 Å². The maximum atomic E-state index is 12.7. The normalized spacial score (nSPS) is 14.3. The molecule has 4 aromatic rings. The molecule has 2 aromatic carbocycles. The van der Waals surface area contributed by atoms with Crippen LogP contribution in [0.25, 0.3) is 22.6 Å². The molecular weight excluding hydrogens is 412 g/mol. The second-order valence-electron chi connectivity index (χ2n) is 8.55. The average molecular weight is 441 g/mol. The summed E-state index contributed by atoms with van der Waals surface area (Å²) in [5.74, 6) is 1.60. The number of ether oxygens (including phenoxy) is 1. The third kappa shape index (κ3) is 4.46. The Morgan fingerprint density at radius 1 is 1.06 bits per heavy atom. The van der Waals surface area contributed by atoms with Crippen molar-refractivity contribution in [2.75, 3.05) is 7.11 Å². The first-order valence-electron chi connectivity index (χ1n) is 11.6. The summed E-state index contributed by atoms with van der Waals surface area (Å²) in [6.45, 7) is 0.445. The highest BCUT2D eigenvalue weighted by Crippen LogP contribution is 2.35. The molecule has 6 heteroatoms. The van der Waals surface area contributed by atoms with E-state index in [4.69, 9.17) is 9.72 Å². The number of benzene rings is 2. The minimum atomic E-state index is -0.105. The number of fused-ring (bicyclic) bond motifs is 1. The minimum Gasteiger partial charge on any atom is -0.497 e. The summed E-state index contributed by atoms with van der Waals surface area (Å²) in [6, 6.07) is 19.8. The molecule has 2 heterocycles. The van der Waals surface area contributed by atoms with Gasteiger partial charge in [0.25, 0.3) is 5.91 Å². The molecule has 1 aliphatic rings. The summed E-state index contributed by atoms with van der Waals surface area (Å²) in [5.41, 5.74) is 4.48. The zero-order valence-corrected chi connectivity index (χ0v) is 18.8. The Labute approximate surface area is 193 Å². The second-order valence-corrected chi connectivity index (χ2v) is 8.55. The maximum absolute atomic E-state index is 12.7. The van der Waals surface area contributed by atoms with E-state index < -0.39 is 0 Å². The summed E-state index contributed by atoms with van der Waals surface area (Å²) in [6.07, 6.45) is 7.92. The van der Waals surface area contributed by atoms with Gasteiger partial charge in [0.05, 0.1) is 7.11 Å². The molecular formula is C27H28N4O2. The second kappa shape index (κ2) is 9.45. The Bertz CT molecular complexity index is 1260. The number of carbonyl (C=O) groups excluding carboxylic acids is 1. The van der Waals surface area contributed by atoms with E-state index in [0.29, 0.717) is 18.2 Å². The number of pyridine rings is 1. The van der Waals surface area contributed by atoms with Gasteiger partial charge in [0.15, 0.2) is 5.65 Å². The number of hydrogen-bond donors (Lipinski definition) is 1. The van der Waals surface area contributed by atoms with E-state index >= 15 is 0 Å². The van der Waals surface area contributed by atoms with Crippen molar-refractivity contribution in [2.45, 2.75) is 44.7 Å². The molecule has 0 spiro atoms. The summed E-state index contributed by atoms with van der Waals surface area (Å²) < 4.78 is 7.56. The van der Waals surface area contributed by atoms with Gasteiger partial charge in [-0.1, -0.05) is 43.5 Å². The van der Waals surface area contributed by atoms with Crippen LogP contribution < -0.4 is 10.1 Å². The quantitative estimate of drug-likeness (QED) is 0.427. The van der Waals surface area contributed by atoms with Gasteiger partial charge in [-0.05, 0) is 54.8 Å². The molecule has 6 nitrogen and oxygen atoms in total. The van der Waals surface area contributed by atoms with Crippen molar-refractivity contribution in [2.24, 2.45) is 0 Å². The van der Waals surface area contributed by atoms with E-state index in [-0.39, 0.29) is 5.91 Å². The largest absolute Gasteiger partial charge is 0.497 e. The predicted molar refractivity (Wildman–Crippen MR) is 129 cm³/mol. The van der Waals surface area contributed by atoms with Gasteiger partial charge in [-0.15, -0.1) is 0 Å². The zero-order chi connectivity index (χ0) is 22.6. The molecule has 1 saturated carbocycles. The van der Waals surface area contributed by atoms with Crippen LogP contribution in [0.15, 0.2) is 66.9 Å². The molecule has 0 bridgehead atoms. The van der Waals surface area contributed by atoms with Crippen LogP contribution in [0.5, 0.6) is 5.75 Å². The first-order chi connectivity index (χ1) is 16.2. The van der Waals surface area contributed by atoms with Crippen LogP contribution in [0.4, 0.5) is 0 Å². The van der Waals surface area contributed by atoms with Crippen molar-refractivity contribution in [3.63, 3.8) is 0 Å². The zero-order valence-electron chi connectivity index (χ0n) is 18.8. The standard InChI is InChI=1S/C27H28N4O2/c1-33-23-10-5-7-19(17-23)18-29-27(32)21-14-12-20(13-15-21)25-30-24-11-6-16-28-26(24)31(25)22-8-3-2-4-9-22/h5-7,10-17,22H,2-4,8-9,18H2,1H3,(H,29,32). The van der Waals surface area contributed by atoms with Crippen molar-refractivity contribution in [1.82, 2.24) is 19.9 Å². The van der Waals surface area contributed by atoms with E-state index in [2.05, 4.69) is 14.9 Å². The van der Waals surface area contributed by atoms with Crippen molar-refractivity contribution < 1.29 is 9.53 Å². The van der Waals surface area contributed by atoms with Gasteiger partial charge >= 0.3 is 0 Å². The van der Waals surface area contributed by atoms with Gasteiger partial charge in [-0.25, -0.2) is 9.97 Å². The Morgan fingerprint density at radius 3 is 2.67 bits per heavy atom. The lowest BCUT2D eigenvalue weighted by atomic mass is 9.95. The molecule has 1 aliphatic carbocycles. The molecule has 0 aliphatic heterocycles. The Balaban J connectivity index is 1.37. The van der Waals surface area contributed by atoms with Crippen molar-refractivity contribution >= 4 is 17.1 Å². The third-order valence-corrected chi connectivity index (χ3v) is 6.38. The van der Waals surface area contributed by atoms with Gasteiger partial charge in [0.2, 0.25) is 0 Å². The number of hydrogen-bond acceptors (Lipinski definition) is 4. The van der Waals surface area contributed by atoms with Crippen LogP contribution in [0, 0.1) is 0 Å². The Kier molecular flexibility index (Phi) is 6.07. The summed E-state index contributed by atoms with van der Waals surface area (Å²) in [4.78, 5) is 22.3. The highest BCUT2D eigenvalue weighted by molar-refractivity contribution is 5.94. The minimum absolute atomic E-state index is 0.105. The maximum Gasteiger partial charge on any atom is 0.251 e. The van der Waals surface area contributed by atoms with E-state index in [9.17, 15) is 4.79 Å². The summed E-state index contributed by atoms with van der Waals surface area (Å²) in [7, 11) is 1.64. The van der Waals surface area contributed by atoms with Crippen LogP contribution in [-0.2, 0) is 6.54 Å². The number of amides is 1. The average Bonchev–Trinajstić information content (AvgIpc) is 3.27. The fraction of sp³-hybridized carbons (Fsp3) is 0.296. The highest BCUT2D eigenvalue weighted by Gasteiger charge is 2.23. The van der Waals surface area contributed by atoms with Crippen molar-refractivity contribution in [3.05, 3.63) is 78.0 Å². The summed E-state index contributed by atoms with van der Waals surface area (Å²) >= 11 is 0. The van der Waals surface area contributed by atoms with Crippen LogP contribution in [0.1, 0.15) is 54.1 Å². The Hall–Kier alpha value is -3.67. The molecule has 1 N–H and O–H groups in total. The Morgan fingerprint density at radius 2 is 1.88 bits per heavy atom. The molecule has 2 aromatic heterocycles. The van der Waals surface area contributed by atoms with Gasteiger partial charge in [-0.3, -0.25) is 4.79 Å². The lowest BCUT2D eigenvalue weighted by Crippen LogP contribution is -2.22. The van der Waals surface area contributed by atoms with Crippen molar-refractivity contribution in [3.8, 4) is 17.1 Å². The topological polar surface area (TPSA) is 69.0 Å². The van der Waals surface area contributed by atoms with Crippen LogP contribution >= 0.6 is 0 Å². The predicted octanol–water partition coefficient (Wildman–Crippen LogP) is 5.54. The van der Waals surface area contributed by atoms with Gasteiger partial charge in [-0.2, -0.15) is 0 Å². The van der Waals surface area contributed by atoms with Gasteiger partial charge in [0.1, 0.15) is 17.1 Å². The lowest BCUT2D eigenvalue weighted by Gasteiger charge is -2.25. The molecule has 1 fully saturated rings. The molecule has 168 valence electrons. The number of methoxy groups -OCH3 is 1.